The lowest BCUT2D eigenvalue weighted by Gasteiger charge is -2.06. The minimum absolute atomic E-state index is 0.604. The molecule has 0 saturated carbocycles. The first-order valence-corrected chi connectivity index (χ1v) is 6.18. The van der Waals surface area contributed by atoms with Gasteiger partial charge in [0.2, 0.25) is 0 Å². The van der Waals surface area contributed by atoms with Crippen molar-refractivity contribution in [1.29, 1.82) is 0 Å². The molecule has 0 aliphatic rings. The molecule has 1 heterocycles. The zero-order valence-electron chi connectivity index (χ0n) is 10.2. The van der Waals surface area contributed by atoms with E-state index in [1.165, 1.54) is 22.0 Å². The highest BCUT2D eigenvalue weighted by atomic mass is 14.9. The molecule has 3 rings (SSSR count). The van der Waals surface area contributed by atoms with E-state index >= 15 is 0 Å². The van der Waals surface area contributed by atoms with E-state index in [1.54, 1.807) is 0 Å². The van der Waals surface area contributed by atoms with Gasteiger partial charge in [0.25, 0.3) is 0 Å². The van der Waals surface area contributed by atoms with Gasteiger partial charge in [0.1, 0.15) is 0 Å². The molecule has 0 atom stereocenters. The number of fused-ring (bicyclic) bond motifs is 1. The third-order valence-electron chi connectivity index (χ3n) is 3.29. The third kappa shape index (κ3) is 2.03. The summed E-state index contributed by atoms with van der Waals surface area (Å²) in [6.45, 7) is 1.51. The molecule has 0 spiro atoms. The van der Waals surface area contributed by atoms with Crippen LogP contribution in [-0.2, 0) is 13.1 Å². The van der Waals surface area contributed by atoms with Crippen molar-refractivity contribution in [2.24, 2.45) is 5.73 Å². The van der Waals surface area contributed by atoms with E-state index in [4.69, 9.17) is 5.73 Å². The molecule has 0 saturated heterocycles. The Kier molecular flexibility index (Phi) is 2.87. The van der Waals surface area contributed by atoms with E-state index in [2.05, 4.69) is 65.4 Å². The van der Waals surface area contributed by atoms with Gasteiger partial charge in [0.15, 0.2) is 0 Å². The smallest absolute Gasteiger partial charge is 0.0483 e. The molecule has 0 unspecified atom stereocenters. The predicted octanol–water partition coefficient (Wildman–Crippen LogP) is 3.15. The average molecular weight is 236 g/mol. The fraction of sp³-hybridized carbons (Fsp3) is 0.125. The first-order chi connectivity index (χ1) is 8.86. The van der Waals surface area contributed by atoms with Crippen LogP contribution in [-0.4, -0.2) is 4.57 Å². The Bertz CT molecular complexity index is 650. The molecule has 90 valence electrons. The lowest BCUT2D eigenvalue weighted by Crippen LogP contribution is -1.99. The lowest BCUT2D eigenvalue weighted by atomic mass is 10.1. The summed E-state index contributed by atoms with van der Waals surface area (Å²) in [6, 6.07) is 19.1. The number of nitrogens with two attached hydrogens (primary N) is 1. The van der Waals surface area contributed by atoms with Crippen molar-refractivity contribution in [2.45, 2.75) is 13.1 Å². The van der Waals surface area contributed by atoms with E-state index in [-0.39, 0.29) is 0 Å². The first-order valence-electron chi connectivity index (χ1n) is 6.18. The van der Waals surface area contributed by atoms with E-state index < -0.39 is 0 Å². The summed E-state index contributed by atoms with van der Waals surface area (Å²) in [4.78, 5) is 0. The topological polar surface area (TPSA) is 30.9 Å². The zero-order chi connectivity index (χ0) is 12.4. The zero-order valence-corrected chi connectivity index (χ0v) is 10.2. The van der Waals surface area contributed by atoms with Crippen LogP contribution in [0.5, 0.6) is 0 Å². The fourth-order valence-corrected chi connectivity index (χ4v) is 2.26. The lowest BCUT2D eigenvalue weighted by molar-refractivity contribution is 0.835. The number of para-hydroxylation sites is 1. The second kappa shape index (κ2) is 4.67. The molecule has 2 nitrogen and oxygen atoms in total. The number of rotatable bonds is 3. The number of nitrogens with zero attached hydrogens (tertiary/aromatic N) is 1. The van der Waals surface area contributed by atoms with Crippen molar-refractivity contribution < 1.29 is 0 Å². The standard InChI is InChI=1S/C16H16N2/c17-11-13-5-7-14(8-6-13)12-18-10-9-15-3-1-2-4-16(15)18/h1-10H,11-12,17H2. The van der Waals surface area contributed by atoms with Crippen LogP contribution in [0.25, 0.3) is 10.9 Å². The van der Waals surface area contributed by atoms with Gasteiger partial charge in [0.05, 0.1) is 0 Å². The van der Waals surface area contributed by atoms with Gasteiger partial charge in [-0.3, -0.25) is 0 Å². The van der Waals surface area contributed by atoms with Gasteiger partial charge in [-0.05, 0) is 28.6 Å². The summed E-state index contributed by atoms with van der Waals surface area (Å²) in [7, 11) is 0. The van der Waals surface area contributed by atoms with E-state index in [1.807, 2.05) is 0 Å². The maximum absolute atomic E-state index is 5.61. The minimum Gasteiger partial charge on any atom is -0.343 e. The Hall–Kier alpha value is -2.06. The number of benzene rings is 2. The predicted molar refractivity (Wildman–Crippen MR) is 75.4 cm³/mol. The van der Waals surface area contributed by atoms with Crippen molar-refractivity contribution in [2.75, 3.05) is 0 Å². The fourth-order valence-electron chi connectivity index (χ4n) is 2.26. The van der Waals surface area contributed by atoms with Crippen LogP contribution in [0.2, 0.25) is 0 Å². The van der Waals surface area contributed by atoms with Crippen LogP contribution < -0.4 is 5.73 Å². The molecule has 2 heteroatoms. The molecule has 2 aromatic carbocycles. The summed E-state index contributed by atoms with van der Waals surface area (Å²) in [5, 5.41) is 1.29. The minimum atomic E-state index is 0.604. The molecule has 0 fully saturated rings. The monoisotopic (exact) mass is 236 g/mol. The second-order valence-electron chi connectivity index (χ2n) is 4.52. The molecule has 0 aliphatic heterocycles. The summed E-state index contributed by atoms with van der Waals surface area (Å²) >= 11 is 0. The molecule has 2 N–H and O–H groups in total. The average Bonchev–Trinajstić information content (AvgIpc) is 2.83. The molecular formula is C16H16N2. The van der Waals surface area contributed by atoms with Crippen LogP contribution in [0.3, 0.4) is 0 Å². The highest BCUT2D eigenvalue weighted by Crippen LogP contribution is 2.16. The van der Waals surface area contributed by atoms with Crippen LogP contribution in [0.15, 0.2) is 60.8 Å². The Balaban J connectivity index is 1.91. The normalized spacial score (nSPS) is 10.9. The number of aromatic nitrogens is 1. The van der Waals surface area contributed by atoms with E-state index in [9.17, 15) is 0 Å². The quantitative estimate of drug-likeness (QED) is 0.744. The summed E-state index contributed by atoms with van der Waals surface area (Å²) in [5.41, 5.74) is 9.36. The van der Waals surface area contributed by atoms with Crippen LogP contribution >= 0.6 is 0 Å². The Morgan fingerprint density at radius 3 is 2.33 bits per heavy atom. The van der Waals surface area contributed by atoms with Gasteiger partial charge < -0.3 is 10.3 Å². The Morgan fingerprint density at radius 2 is 1.56 bits per heavy atom. The van der Waals surface area contributed by atoms with Gasteiger partial charge in [-0.1, -0.05) is 42.5 Å². The van der Waals surface area contributed by atoms with Crippen LogP contribution in [0, 0.1) is 0 Å². The van der Waals surface area contributed by atoms with Gasteiger partial charge in [-0.15, -0.1) is 0 Å². The third-order valence-corrected chi connectivity index (χ3v) is 3.29. The number of hydrogen-bond donors (Lipinski definition) is 1. The van der Waals surface area contributed by atoms with Crippen LogP contribution in [0.4, 0.5) is 0 Å². The van der Waals surface area contributed by atoms with E-state index in [0.29, 0.717) is 6.54 Å². The molecule has 1 aromatic heterocycles. The molecule has 18 heavy (non-hydrogen) atoms. The SMILES string of the molecule is NCc1ccc(Cn2ccc3ccccc32)cc1. The van der Waals surface area contributed by atoms with Gasteiger partial charge in [0, 0.05) is 24.8 Å². The van der Waals surface area contributed by atoms with Crippen molar-refractivity contribution in [3.63, 3.8) is 0 Å². The Morgan fingerprint density at radius 1 is 0.833 bits per heavy atom. The summed E-state index contributed by atoms with van der Waals surface area (Å²) in [5.74, 6) is 0. The highest BCUT2D eigenvalue weighted by Gasteiger charge is 2.00. The maximum Gasteiger partial charge on any atom is 0.0483 e. The first kappa shape index (κ1) is 11.1. The second-order valence-corrected chi connectivity index (χ2v) is 4.52. The van der Waals surface area contributed by atoms with Crippen molar-refractivity contribution in [3.05, 3.63) is 71.9 Å². The number of hydrogen-bond acceptors (Lipinski definition) is 1. The molecule has 0 radical (unpaired) electrons. The molecule has 3 aromatic rings. The maximum atomic E-state index is 5.61. The van der Waals surface area contributed by atoms with Gasteiger partial charge >= 0.3 is 0 Å². The molecule has 0 amide bonds. The summed E-state index contributed by atoms with van der Waals surface area (Å²) in [6.07, 6.45) is 2.14. The Labute approximate surface area is 107 Å². The van der Waals surface area contributed by atoms with E-state index in [0.717, 1.165) is 6.54 Å². The van der Waals surface area contributed by atoms with Gasteiger partial charge in [-0.25, -0.2) is 0 Å². The highest BCUT2D eigenvalue weighted by molar-refractivity contribution is 5.80. The molecule has 0 bridgehead atoms. The van der Waals surface area contributed by atoms with Crippen molar-refractivity contribution in [3.8, 4) is 0 Å². The molecule has 0 aliphatic carbocycles. The van der Waals surface area contributed by atoms with Crippen LogP contribution in [0.1, 0.15) is 11.1 Å². The van der Waals surface area contributed by atoms with Crippen molar-refractivity contribution >= 4 is 10.9 Å². The largest absolute Gasteiger partial charge is 0.343 e. The van der Waals surface area contributed by atoms with Crippen molar-refractivity contribution in [1.82, 2.24) is 4.57 Å². The summed E-state index contributed by atoms with van der Waals surface area (Å²) < 4.78 is 2.27. The van der Waals surface area contributed by atoms with Gasteiger partial charge in [-0.2, -0.15) is 0 Å². The molecular weight excluding hydrogens is 220 g/mol.